The van der Waals surface area contributed by atoms with Gasteiger partial charge in [-0.25, -0.2) is 0 Å². The second-order valence-corrected chi connectivity index (χ2v) is 5.47. The fourth-order valence-electron chi connectivity index (χ4n) is 2.50. The van der Waals surface area contributed by atoms with E-state index in [2.05, 4.69) is 0 Å². The number of anilines is 1. The van der Waals surface area contributed by atoms with E-state index < -0.39 is 5.91 Å². The summed E-state index contributed by atoms with van der Waals surface area (Å²) in [6, 6.07) is 15.9. The molecule has 0 aliphatic carbocycles. The number of carbonyl (C=O) groups is 3. The number of amides is 3. The Bertz CT molecular complexity index is 754. The van der Waals surface area contributed by atoms with E-state index in [9.17, 15) is 14.4 Å². The molecule has 2 aromatic rings. The predicted octanol–water partition coefficient (Wildman–Crippen LogP) is 2.01. The third-order valence-electron chi connectivity index (χ3n) is 3.80. The number of rotatable bonds is 2. The van der Waals surface area contributed by atoms with Gasteiger partial charge in [-0.3, -0.25) is 19.3 Å². The van der Waals surface area contributed by atoms with Gasteiger partial charge in [0.05, 0.1) is 0 Å². The van der Waals surface area contributed by atoms with E-state index in [0.29, 0.717) is 11.3 Å². The highest BCUT2D eigenvalue weighted by atomic mass is 16.2. The fraction of sp³-hybridized carbons (Fsp3) is 0.167. The number of para-hydroxylation sites is 1. The zero-order chi connectivity index (χ0) is 16.4. The van der Waals surface area contributed by atoms with Crippen LogP contribution in [0.1, 0.15) is 15.9 Å². The molecule has 3 rings (SSSR count). The molecule has 5 heteroatoms. The zero-order valence-corrected chi connectivity index (χ0v) is 12.7. The highest BCUT2D eigenvalue weighted by molar-refractivity contribution is 6.13. The monoisotopic (exact) mass is 308 g/mol. The number of aryl methyl sites for hydroxylation is 1. The van der Waals surface area contributed by atoms with Crippen molar-refractivity contribution in [2.75, 3.05) is 18.0 Å². The van der Waals surface area contributed by atoms with E-state index >= 15 is 0 Å². The average Bonchev–Trinajstić information content (AvgIpc) is 2.57. The van der Waals surface area contributed by atoms with Crippen molar-refractivity contribution in [3.8, 4) is 0 Å². The maximum atomic E-state index is 12.4. The molecular weight excluding hydrogens is 292 g/mol. The molecule has 0 atom stereocenters. The highest BCUT2D eigenvalue weighted by Gasteiger charge is 2.34. The van der Waals surface area contributed by atoms with Crippen LogP contribution >= 0.6 is 0 Å². The van der Waals surface area contributed by atoms with Crippen molar-refractivity contribution in [3.63, 3.8) is 0 Å². The van der Waals surface area contributed by atoms with E-state index in [1.807, 2.05) is 13.0 Å². The van der Waals surface area contributed by atoms with Crippen molar-refractivity contribution in [2.45, 2.75) is 6.92 Å². The number of piperazine rings is 1. The van der Waals surface area contributed by atoms with Gasteiger partial charge in [-0.05, 0) is 31.2 Å². The molecule has 23 heavy (non-hydrogen) atoms. The summed E-state index contributed by atoms with van der Waals surface area (Å²) in [5.41, 5.74) is 2.09. The molecule has 3 amide bonds. The minimum absolute atomic E-state index is 0.125. The fourth-order valence-corrected chi connectivity index (χ4v) is 2.50. The lowest BCUT2D eigenvalue weighted by molar-refractivity contribution is -0.135. The van der Waals surface area contributed by atoms with Crippen LogP contribution in [0.2, 0.25) is 0 Å². The molecule has 116 valence electrons. The van der Waals surface area contributed by atoms with Crippen molar-refractivity contribution in [1.29, 1.82) is 0 Å². The molecule has 2 aromatic carbocycles. The Balaban J connectivity index is 1.80. The first-order valence-electron chi connectivity index (χ1n) is 7.33. The lowest BCUT2D eigenvalue weighted by atomic mass is 10.1. The van der Waals surface area contributed by atoms with E-state index in [1.165, 1.54) is 4.90 Å². The summed E-state index contributed by atoms with van der Waals surface area (Å²) in [6.07, 6.45) is 0. The van der Waals surface area contributed by atoms with Crippen LogP contribution < -0.4 is 4.90 Å². The van der Waals surface area contributed by atoms with Crippen molar-refractivity contribution in [2.24, 2.45) is 0 Å². The summed E-state index contributed by atoms with van der Waals surface area (Å²) >= 11 is 0. The first kappa shape index (κ1) is 15.0. The van der Waals surface area contributed by atoms with Crippen molar-refractivity contribution in [1.82, 2.24) is 4.90 Å². The van der Waals surface area contributed by atoms with Crippen LogP contribution in [-0.2, 0) is 9.59 Å². The SMILES string of the molecule is Cc1ccc(C(=O)N2CC(=O)N(c3ccccc3)CC2=O)cc1. The second-order valence-electron chi connectivity index (χ2n) is 5.47. The molecule has 0 spiro atoms. The molecular formula is C18H16N2O3. The van der Waals surface area contributed by atoms with Crippen molar-refractivity contribution < 1.29 is 14.4 Å². The van der Waals surface area contributed by atoms with Crippen LogP contribution in [-0.4, -0.2) is 35.7 Å². The maximum Gasteiger partial charge on any atom is 0.260 e. The minimum atomic E-state index is -0.434. The van der Waals surface area contributed by atoms with Gasteiger partial charge in [-0.2, -0.15) is 0 Å². The number of nitrogens with zero attached hydrogens (tertiary/aromatic N) is 2. The minimum Gasteiger partial charge on any atom is -0.301 e. The van der Waals surface area contributed by atoms with Crippen LogP contribution in [0.25, 0.3) is 0 Å². The van der Waals surface area contributed by atoms with Gasteiger partial charge >= 0.3 is 0 Å². The lowest BCUT2D eigenvalue weighted by Gasteiger charge is -2.32. The van der Waals surface area contributed by atoms with Gasteiger partial charge in [0, 0.05) is 11.3 Å². The molecule has 1 aliphatic rings. The number of imide groups is 1. The third-order valence-corrected chi connectivity index (χ3v) is 3.80. The Morgan fingerprint density at radius 3 is 2.17 bits per heavy atom. The molecule has 0 unspecified atom stereocenters. The molecule has 0 bridgehead atoms. The first-order chi connectivity index (χ1) is 11.1. The standard InChI is InChI=1S/C18H16N2O3/c1-13-7-9-14(10-8-13)18(23)20-12-16(21)19(11-17(20)22)15-5-3-2-4-6-15/h2-10H,11-12H2,1H3. The normalized spacial score (nSPS) is 15.0. The van der Waals surface area contributed by atoms with Gasteiger partial charge < -0.3 is 4.90 Å². The van der Waals surface area contributed by atoms with Gasteiger partial charge in [0.2, 0.25) is 11.8 Å². The van der Waals surface area contributed by atoms with Gasteiger partial charge in [-0.1, -0.05) is 35.9 Å². The summed E-state index contributed by atoms with van der Waals surface area (Å²) < 4.78 is 0. The number of benzene rings is 2. The Labute approximate surface area is 134 Å². The van der Waals surface area contributed by atoms with Gasteiger partial charge in [-0.15, -0.1) is 0 Å². The Morgan fingerprint density at radius 1 is 0.870 bits per heavy atom. The van der Waals surface area contributed by atoms with Crippen LogP contribution in [0.15, 0.2) is 54.6 Å². The second kappa shape index (κ2) is 6.04. The molecule has 5 nitrogen and oxygen atoms in total. The summed E-state index contributed by atoms with van der Waals surface area (Å²) in [7, 11) is 0. The summed E-state index contributed by atoms with van der Waals surface area (Å²) in [4.78, 5) is 39.5. The number of hydrogen-bond acceptors (Lipinski definition) is 3. The third kappa shape index (κ3) is 2.99. The summed E-state index contributed by atoms with van der Waals surface area (Å²) in [6.45, 7) is 1.56. The largest absolute Gasteiger partial charge is 0.301 e. The molecule has 1 fully saturated rings. The Kier molecular flexibility index (Phi) is 3.93. The number of carbonyl (C=O) groups excluding carboxylic acids is 3. The average molecular weight is 308 g/mol. The van der Waals surface area contributed by atoms with E-state index in [-0.39, 0.29) is 24.9 Å². The summed E-state index contributed by atoms with van der Waals surface area (Å²) in [5.74, 6) is -1.08. The molecule has 1 saturated heterocycles. The number of hydrogen-bond donors (Lipinski definition) is 0. The van der Waals surface area contributed by atoms with Crippen molar-refractivity contribution >= 4 is 23.4 Å². The molecule has 0 radical (unpaired) electrons. The molecule has 0 N–H and O–H groups in total. The van der Waals surface area contributed by atoms with Crippen molar-refractivity contribution in [3.05, 3.63) is 65.7 Å². The maximum absolute atomic E-state index is 12.4. The van der Waals surface area contributed by atoms with E-state index in [1.54, 1.807) is 48.5 Å². The quantitative estimate of drug-likeness (QED) is 0.798. The Morgan fingerprint density at radius 2 is 1.52 bits per heavy atom. The van der Waals surface area contributed by atoms with Crippen LogP contribution in [0.3, 0.4) is 0 Å². The molecule has 0 aromatic heterocycles. The molecule has 0 saturated carbocycles. The van der Waals surface area contributed by atoms with E-state index in [0.717, 1.165) is 10.5 Å². The smallest absolute Gasteiger partial charge is 0.260 e. The zero-order valence-electron chi connectivity index (χ0n) is 12.7. The van der Waals surface area contributed by atoms with E-state index in [4.69, 9.17) is 0 Å². The van der Waals surface area contributed by atoms with Crippen LogP contribution in [0.5, 0.6) is 0 Å². The Hall–Kier alpha value is -2.95. The van der Waals surface area contributed by atoms with Gasteiger partial charge in [0.15, 0.2) is 0 Å². The molecule has 1 aliphatic heterocycles. The summed E-state index contributed by atoms with van der Waals surface area (Å²) in [5, 5.41) is 0. The van der Waals surface area contributed by atoms with Crippen LogP contribution in [0.4, 0.5) is 5.69 Å². The van der Waals surface area contributed by atoms with Crippen LogP contribution in [0, 0.1) is 6.92 Å². The lowest BCUT2D eigenvalue weighted by Crippen LogP contribution is -2.55. The highest BCUT2D eigenvalue weighted by Crippen LogP contribution is 2.18. The first-order valence-corrected chi connectivity index (χ1v) is 7.33. The van der Waals surface area contributed by atoms with Gasteiger partial charge in [0.25, 0.3) is 5.91 Å². The predicted molar refractivity (Wildman–Crippen MR) is 86.0 cm³/mol. The topological polar surface area (TPSA) is 57.7 Å². The molecule has 1 heterocycles. The van der Waals surface area contributed by atoms with Gasteiger partial charge in [0.1, 0.15) is 13.1 Å².